The van der Waals surface area contributed by atoms with Gasteiger partial charge in [0.05, 0.1) is 11.1 Å². The summed E-state index contributed by atoms with van der Waals surface area (Å²) in [7, 11) is 0. The summed E-state index contributed by atoms with van der Waals surface area (Å²) < 4.78 is 5.26. The molecule has 0 N–H and O–H groups in total. The second-order valence-corrected chi connectivity index (χ2v) is 7.48. The van der Waals surface area contributed by atoms with Crippen molar-refractivity contribution in [3.05, 3.63) is 35.4 Å². The molecule has 152 valence electrons. The molecular formula is C21H28N2O5. The molecule has 1 heterocycles. The number of imide groups is 1. The highest BCUT2D eigenvalue weighted by Crippen LogP contribution is 2.22. The van der Waals surface area contributed by atoms with E-state index in [9.17, 15) is 19.2 Å². The summed E-state index contributed by atoms with van der Waals surface area (Å²) in [5.41, 5.74) is 0.772. The molecule has 0 spiro atoms. The van der Waals surface area contributed by atoms with Gasteiger partial charge in [0.2, 0.25) is 0 Å². The van der Waals surface area contributed by atoms with Crippen LogP contribution in [0, 0.1) is 0 Å². The van der Waals surface area contributed by atoms with Crippen LogP contribution in [0.25, 0.3) is 0 Å². The van der Waals surface area contributed by atoms with Crippen molar-refractivity contribution < 1.29 is 23.9 Å². The SMILES string of the molecule is CC(OC(=O)CCCN1C(=O)c2ccccc2C1=O)C(=O)N(C(C)C)C(C)C. The standard InChI is InChI=1S/C21H28N2O5/c1-13(2)23(14(3)4)19(25)15(5)28-18(24)11-8-12-22-20(26)16-9-6-7-10-17(16)21(22)27/h6-7,9-10,13-15H,8,11-12H2,1-5H3. The van der Waals surface area contributed by atoms with E-state index >= 15 is 0 Å². The maximum absolute atomic E-state index is 12.5. The first-order valence-corrected chi connectivity index (χ1v) is 9.62. The molecule has 3 amide bonds. The minimum atomic E-state index is -0.878. The average Bonchev–Trinajstić information content (AvgIpc) is 2.86. The minimum Gasteiger partial charge on any atom is -0.453 e. The Balaban J connectivity index is 1.84. The van der Waals surface area contributed by atoms with Gasteiger partial charge in [0.15, 0.2) is 6.10 Å². The third-order valence-electron chi connectivity index (χ3n) is 4.66. The molecule has 0 fully saturated rings. The van der Waals surface area contributed by atoms with Gasteiger partial charge in [0.1, 0.15) is 0 Å². The smallest absolute Gasteiger partial charge is 0.306 e. The van der Waals surface area contributed by atoms with Gasteiger partial charge < -0.3 is 9.64 Å². The Hall–Kier alpha value is -2.70. The highest BCUT2D eigenvalue weighted by molar-refractivity contribution is 6.21. The summed E-state index contributed by atoms with van der Waals surface area (Å²) >= 11 is 0. The largest absolute Gasteiger partial charge is 0.453 e. The molecule has 0 aliphatic carbocycles. The van der Waals surface area contributed by atoms with Gasteiger partial charge in [-0.3, -0.25) is 24.1 Å². The van der Waals surface area contributed by atoms with E-state index in [2.05, 4.69) is 0 Å². The highest BCUT2D eigenvalue weighted by atomic mass is 16.5. The summed E-state index contributed by atoms with van der Waals surface area (Å²) in [5.74, 6) is -1.45. The Morgan fingerprint density at radius 2 is 1.46 bits per heavy atom. The van der Waals surface area contributed by atoms with Gasteiger partial charge in [-0.15, -0.1) is 0 Å². The normalized spacial score (nSPS) is 14.5. The highest BCUT2D eigenvalue weighted by Gasteiger charge is 2.34. The quantitative estimate of drug-likeness (QED) is 0.505. The predicted molar refractivity (Wildman–Crippen MR) is 104 cm³/mol. The number of fused-ring (bicyclic) bond motifs is 1. The number of benzene rings is 1. The molecule has 1 atom stereocenters. The van der Waals surface area contributed by atoms with E-state index < -0.39 is 12.1 Å². The second-order valence-electron chi connectivity index (χ2n) is 7.48. The van der Waals surface area contributed by atoms with E-state index in [4.69, 9.17) is 4.74 Å². The number of hydrogen-bond acceptors (Lipinski definition) is 5. The van der Waals surface area contributed by atoms with Crippen molar-refractivity contribution in [1.29, 1.82) is 0 Å². The number of esters is 1. The molecule has 1 aromatic rings. The number of carbonyl (C=O) groups is 4. The Bertz CT molecular complexity index is 729. The minimum absolute atomic E-state index is 0.00229. The summed E-state index contributed by atoms with van der Waals surface area (Å²) in [6.07, 6.45) is -0.575. The van der Waals surface area contributed by atoms with E-state index in [0.29, 0.717) is 11.1 Å². The first-order valence-electron chi connectivity index (χ1n) is 9.62. The Kier molecular flexibility index (Phi) is 6.94. The van der Waals surface area contributed by atoms with Crippen LogP contribution in [0.3, 0.4) is 0 Å². The number of ether oxygens (including phenoxy) is 1. The molecule has 0 bridgehead atoms. The third-order valence-corrected chi connectivity index (χ3v) is 4.66. The number of amides is 3. The summed E-state index contributed by atoms with van der Waals surface area (Å²) in [5, 5.41) is 0. The molecule has 0 saturated carbocycles. The molecule has 0 saturated heterocycles. The first-order chi connectivity index (χ1) is 13.1. The lowest BCUT2D eigenvalue weighted by Crippen LogP contribution is -2.47. The monoisotopic (exact) mass is 388 g/mol. The molecule has 2 rings (SSSR count). The maximum atomic E-state index is 12.5. The fourth-order valence-corrected chi connectivity index (χ4v) is 3.45. The fourth-order valence-electron chi connectivity index (χ4n) is 3.45. The van der Waals surface area contributed by atoms with Crippen molar-refractivity contribution in [3.63, 3.8) is 0 Å². The van der Waals surface area contributed by atoms with E-state index in [1.54, 1.807) is 36.1 Å². The van der Waals surface area contributed by atoms with Crippen molar-refractivity contribution in [2.45, 2.75) is 65.6 Å². The van der Waals surface area contributed by atoms with Gasteiger partial charge in [-0.05, 0) is 53.2 Å². The first kappa shape index (κ1) is 21.6. The fraction of sp³-hybridized carbons (Fsp3) is 0.524. The van der Waals surface area contributed by atoms with Crippen LogP contribution < -0.4 is 0 Å². The Morgan fingerprint density at radius 1 is 0.964 bits per heavy atom. The number of hydrogen-bond donors (Lipinski definition) is 0. The molecule has 7 heteroatoms. The third kappa shape index (κ3) is 4.58. The molecule has 1 aromatic carbocycles. The molecule has 1 unspecified atom stereocenters. The van der Waals surface area contributed by atoms with Crippen molar-refractivity contribution in [1.82, 2.24) is 9.80 Å². The van der Waals surface area contributed by atoms with Crippen molar-refractivity contribution in [2.24, 2.45) is 0 Å². The summed E-state index contributed by atoms with van der Waals surface area (Å²) in [6, 6.07) is 6.66. The van der Waals surface area contributed by atoms with Gasteiger partial charge in [-0.2, -0.15) is 0 Å². The predicted octanol–water partition coefficient (Wildman–Crippen LogP) is 2.64. The van der Waals surface area contributed by atoms with Crippen LogP contribution in [-0.2, 0) is 14.3 Å². The zero-order valence-electron chi connectivity index (χ0n) is 17.1. The lowest BCUT2D eigenvalue weighted by Gasteiger charge is -2.32. The molecule has 1 aliphatic rings. The van der Waals surface area contributed by atoms with Crippen LogP contribution >= 0.6 is 0 Å². The zero-order chi connectivity index (χ0) is 21.0. The van der Waals surface area contributed by atoms with Crippen molar-refractivity contribution >= 4 is 23.7 Å². The number of rotatable bonds is 8. The van der Waals surface area contributed by atoms with E-state index in [1.807, 2.05) is 27.7 Å². The van der Waals surface area contributed by atoms with Gasteiger partial charge in [-0.1, -0.05) is 12.1 Å². The Labute approximate surface area is 165 Å². The van der Waals surface area contributed by atoms with Gasteiger partial charge in [0, 0.05) is 25.0 Å². The summed E-state index contributed by atoms with van der Waals surface area (Å²) in [4.78, 5) is 52.0. The lowest BCUT2D eigenvalue weighted by molar-refractivity contribution is -0.161. The average molecular weight is 388 g/mol. The number of nitrogens with zero attached hydrogens (tertiary/aromatic N) is 2. The van der Waals surface area contributed by atoms with Crippen LogP contribution in [-0.4, -0.2) is 58.2 Å². The Morgan fingerprint density at radius 3 is 1.93 bits per heavy atom. The zero-order valence-corrected chi connectivity index (χ0v) is 17.1. The molecule has 0 aromatic heterocycles. The van der Waals surface area contributed by atoms with Crippen LogP contribution in [0.15, 0.2) is 24.3 Å². The van der Waals surface area contributed by atoms with E-state index in [0.717, 1.165) is 4.90 Å². The maximum Gasteiger partial charge on any atom is 0.306 e. The van der Waals surface area contributed by atoms with Crippen LogP contribution in [0.4, 0.5) is 0 Å². The number of carbonyl (C=O) groups excluding carboxylic acids is 4. The molecular weight excluding hydrogens is 360 g/mol. The van der Waals surface area contributed by atoms with Crippen molar-refractivity contribution in [3.8, 4) is 0 Å². The molecule has 1 aliphatic heterocycles. The van der Waals surface area contributed by atoms with Crippen LogP contribution in [0.5, 0.6) is 0 Å². The van der Waals surface area contributed by atoms with Crippen LogP contribution in [0.2, 0.25) is 0 Å². The van der Waals surface area contributed by atoms with E-state index in [-0.39, 0.29) is 49.2 Å². The topological polar surface area (TPSA) is 84.0 Å². The van der Waals surface area contributed by atoms with Gasteiger partial charge in [-0.25, -0.2) is 0 Å². The van der Waals surface area contributed by atoms with Gasteiger partial charge >= 0.3 is 5.97 Å². The van der Waals surface area contributed by atoms with Crippen LogP contribution in [0.1, 0.15) is 68.2 Å². The van der Waals surface area contributed by atoms with E-state index in [1.165, 1.54) is 0 Å². The van der Waals surface area contributed by atoms with Crippen molar-refractivity contribution in [2.75, 3.05) is 6.54 Å². The molecule has 7 nitrogen and oxygen atoms in total. The molecule has 28 heavy (non-hydrogen) atoms. The second kappa shape index (κ2) is 8.99. The molecule has 0 radical (unpaired) electrons. The van der Waals surface area contributed by atoms with Gasteiger partial charge in [0.25, 0.3) is 17.7 Å². The summed E-state index contributed by atoms with van der Waals surface area (Å²) in [6.45, 7) is 9.34. The lowest BCUT2D eigenvalue weighted by atomic mass is 10.1.